The molecular weight excluding hydrogens is 226 g/mol. The maximum Gasteiger partial charge on any atom is 0.204 e. The van der Waals surface area contributed by atoms with E-state index in [2.05, 4.69) is 22.4 Å². The average molecular weight is 243 g/mol. The van der Waals surface area contributed by atoms with Crippen molar-refractivity contribution in [2.75, 3.05) is 11.9 Å². The molecule has 2 N–H and O–H groups in total. The van der Waals surface area contributed by atoms with Crippen LogP contribution in [0.5, 0.6) is 0 Å². The molecule has 84 valence electrons. The quantitative estimate of drug-likeness (QED) is 0.799. The molecule has 1 aromatic heterocycles. The van der Waals surface area contributed by atoms with Crippen molar-refractivity contribution in [1.29, 1.82) is 0 Å². The lowest BCUT2D eigenvalue weighted by Crippen LogP contribution is -2.20. The van der Waals surface area contributed by atoms with E-state index in [0.29, 0.717) is 0 Å². The van der Waals surface area contributed by atoms with Crippen LogP contribution < -0.4 is 5.32 Å². The molecule has 1 heterocycles. The third kappa shape index (κ3) is 3.28. The van der Waals surface area contributed by atoms with Gasteiger partial charge in [-0.3, -0.25) is 5.10 Å². The van der Waals surface area contributed by atoms with Crippen LogP contribution in [-0.2, 0) is 0 Å². The van der Waals surface area contributed by atoms with E-state index in [4.69, 9.17) is 12.2 Å². The molecule has 2 rings (SSSR count). The third-order valence-electron chi connectivity index (χ3n) is 3.03. The van der Waals surface area contributed by atoms with Crippen LogP contribution in [0.2, 0.25) is 0 Å². The lowest BCUT2D eigenvalue weighted by Gasteiger charge is -2.26. The van der Waals surface area contributed by atoms with Crippen molar-refractivity contribution >= 4 is 28.7 Å². The second-order valence-electron chi connectivity index (χ2n) is 4.44. The Morgan fingerprint density at radius 1 is 1.60 bits per heavy atom. The highest BCUT2D eigenvalue weighted by Gasteiger charge is 2.18. The van der Waals surface area contributed by atoms with Crippen molar-refractivity contribution in [3.63, 3.8) is 0 Å². The van der Waals surface area contributed by atoms with Crippen molar-refractivity contribution in [3.8, 4) is 0 Å². The van der Waals surface area contributed by atoms with E-state index in [9.17, 15) is 0 Å². The van der Waals surface area contributed by atoms with Crippen molar-refractivity contribution in [2.45, 2.75) is 32.6 Å². The van der Waals surface area contributed by atoms with Crippen LogP contribution in [-0.4, -0.2) is 16.7 Å². The zero-order valence-electron chi connectivity index (χ0n) is 8.95. The van der Waals surface area contributed by atoms with Gasteiger partial charge in [0.1, 0.15) is 0 Å². The topological polar surface area (TPSA) is 40.7 Å². The van der Waals surface area contributed by atoms with Gasteiger partial charge >= 0.3 is 0 Å². The van der Waals surface area contributed by atoms with Gasteiger partial charge < -0.3 is 5.32 Å². The van der Waals surface area contributed by atoms with E-state index < -0.39 is 0 Å². The maximum absolute atomic E-state index is 4.98. The van der Waals surface area contributed by atoms with Gasteiger partial charge in [0.15, 0.2) is 3.95 Å². The summed E-state index contributed by atoms with van der Waals surface area (Å²) in [6.07, 6.45) is 5.48. The van der Waals surface area contributed by atoms with Gasteiger partial charge in [-0.2, -0.15) is 0 Å². The fraction of sp³-hybridized carbons (Fsp3) is 0.800. The normalized spacial score (nSPS) is 26.5. The first kappa shape index (κ1) is 11.1. The summed E-state index contributed by atoms with van der Waals surface area (Å²) in [5, 5.41) is 11.2. The highest BCUT2D eigenvalue weighted by Crippen LogP contribution is 2.28. The first-order chi connectivity index (χ1) is 7.24. The van der Waals surface area contributed by atoms with E-state index in [1.165, 1.54) is 37.0 Å². The first-order valence-corrected chi connectivity index (χ1v) is 6.76. The molecule has 2 atom stereocenters. The van der Waals surface area contributed by atoms with E-state index in [0.717, 1.165) is 27.5 Å². The van der Waals surface area contributed by atoms with Crippen LogP contribution in [0.4, 0.5) is 5.13 Å². The number of nitrogens with one attached hydrogen (secondary N) is 2. The minimum absolute atomic E-state index is 0.745. The molecule has 1 aliphatic carbocycles. The fourth-order valence-corrected chi connectivity index (χ4v) is 3.08. The molecule has 2 unspecified atom stereocenters. The second kappa shape index (κ2) is 5.07. The smallest absolute Gasteiger partial charge is 0.204 e. The number of nitrogens with zero attached hydrogens (tertiary/aromatic N) is 1. The molecule has 0 bridgehead atoms. The molecule has 5 heteroatoms. The van der Waals surface area contributed by atoms with Gasteiger partial charge in [-0.15, -0.1) is 5.10 Å². The number of hydrogen-bond acceptors (Lipinski definition) is 4. The molecule has 1 fully saturated rings. The molecule has 1 aliphatic rings. The van der Waals surface area contributed by atoms with Crippen LogP contribution >= 0.6 is 23.6 Å². The molecule has 0 aliphatic heterocycles. The molecule has 15 heavy (non-hydrogen) atoms. The van der Waals surface area contributed by atoms with Gasteiger partial charge in [0.05, 0.1) is 0 Å². The van der Waals surface area contributed by atoms with E-state index in [-0.39, 0.29) is 0 Å². The average Bonchev–Trinajstić information content (AvgIpc) is 2.62. The van der Waals surface area contributed by atoms with Crippen LogP contribution in [0.3, 0.4) is 0 Å². The zero-order chi connectivity index (χ0) is 10.7. The Labute approximate surface area is 99.3 Å². The number of H-pyrrole nitrogens is 1. The summed E-state index contributed by atoms with van der Waals surface area (Å²) in [6, 6.07) is 0. The van der Waals surface area contributed by atoms with Crippen molar-refractivity contribution < 1.29 is 0 Å². The summed E-state index contributed by atoms with van der Waals surface area (Å²) in [7, 11) is 0. The maximum atomic E-state index is 4.98. The number of hydrogen-bond donors (Lipinski definition) is 2. The van der Waals surface area contributed by atoms with Crippen molar-refractivity contribution in [2.24, 2.45) is 11.8 Å². The highest BCUT2D eigenvalue weighted by molar-refractivity contribution is 7.73. The summed E-state index contributed by atoms with van der Waals surface area (Å²) in [6.45, 7) is 3.39. The highest BCUT2D eigenvalue weighted by atomic mass is 32.1. The van der Waals surface area contributed by atoms with E-state index in [1.54, 1.807) is 0 Å². The number of aromatic amines is 1. The summed E-state index contributed by atoms with van der Waals surface area (Å²) >= 11 is 6.50. The number of rotatable bonds is 3. The van der Waals surface area contributed by atoms with Crippen molar-refractivity contribution in [1.82, 2.24) is 10.2 Å². The van der Waals surface area contributed by atoms with Gasteiger partial charge in [0.2, 0.25) is 5.13 Å². The number of aromatic nitrogens is 2. The molecule has 1 aromatic rings. The predicted octanol–water partition coefficient (Wildman–Crippen LogP) is 3.44. The Morgan fingerprint density at radius 2 is 2.47 bits per heavy atom. The molecule has 0 amide bonds. The SMILES string of the molecule is CC1CCCC(CNc2n[nH]c(=S)s2)C1. The van der Waals surface area contributed by atoms with Gasteiger partial charge in [-0.25, -0.2) is 0 Å². The first-order valence-electron chi connectivity index (χ1n) is 5.53. The monoisotopic (exact) mass is 243 g/mol. The lowest BCUT2D eigenvalue weighted by molar-refractivity contribution is 0.293. The summed E-state index contributed by atoms with van der Waals surface area (Å²) in [4.78, 5) is 0. The molecule has 0 radical (unpaired) electrons. The Bertz CT molecular complexity index is 358. The number of anilines is 1. The van der Waals surface area contributed by atoms with Gasteiger partial charge in [0, 0.05) is 6.54 Å². The molecule has 1 saturated carbocycles. The van der Waals surface area contributed by atoms with Gasteiger partial charge in [-0.05, 0) is 36.9 Å². The minimum Gasteiger partial charge on any atom is -0.360 e. The van der Waals surface area contributed by atoms with Crippen molar-refractivity contribution in [3.05, 3.63) is 3.95 Å². The molecule has 0 aromatic carbocycles. The van der Waals surface area contributed by atoms with E-state index >= 15 is 0 Å². The van der Waals surface area contributed by atoms with E-state index in [1.807, 2.05) is 0 Å². The Kier molecular flexibility index (Phi) is 3.75. The zero-order valence-corrected chi connectivity index (χ0v) is 10.6. The summed E-state index contributed by atoms with van der Waals surface area (Å²) < 4.78 is 0.745. The summed E-state index contributed by atoms with van der Waals surface area (Å²) in [5.41, 5.74) is 0. The molecule has 3 nitrogen and oxygen atoms in total. The van der Waals surface area contributed by atoms with Gasteiger partial charge in [0.25, 0.3) is 0 Å². The van der Waals surface area contributed by atoms with Crippen LogP contribution in [0, 0.1) is 15.8 Å². The lowest BCUT2D eigenvalue weighted by atomic mass is 9.82. The van der Waals surface area contributed by atoms with Crippen LogP contribution in [0.1, 0.15) is 32.6 Å². The molecular formula is C10H17N3S2. The Morgan fingerprint density at radius 3 is 3.13 bits per heavy atom. The predicted molar refractivity (Wildman–Crippen MR) is 66.9 cm³/mol. The molecule has 0 saturated heterocycles. The largest absolute Gasteiger partial charge is 0.360 e. The Hall–Kier alpha value is -0.420. The standard InChI is InChI=1S/C10H17N3S2/c1-7-3-2-4-8(5-7)6-11-9-12-13-10(14)15-9/h7-8H,2-6H2,1H3,(H,11,12)(H,13,14). The van der Waals surface area contributed by atoms with Crippen LogP contribution in [0.25, 0.3) is 0 Å². The minimum atomic E-state index is 0.745. The fourth-order valence-electron chi connectivity index (χ4n) is 2.28. The Balaban J connectivity index is 1.80. The van der Waals surface area contributed by atoms with Crippen LogP contribution in [0.15, 0.2) is 0 Å². The summed E-state index contributed by atoms with van der Waals surface area (Å²) in [5.74, 6) is 1.70. The second-order valence-corrected chi connectivity index (χ2v) is 6.10. The third-order valence-corrected chi connectivity index (χ3v) is 4.07. The van der Waals surface area contributed by atoms with Gasteiger partial charge in [-0.1, -0.05) is 31.1 Å². The molecule has 0 spiro atoms.